The first kappa shape index (κ1) is 15.0. The first-order chi connectivity index (χ1) is 8.97. The highest BCUT2D eigenvalue weighted by Gasteiger charge is 2.04. The highest BCUT2D eigenvalue weighted by Crippen LogP contribution is 2.13. The van der Waals surface area contributed by atoms with Gasteiger partial charge in [0.1, 0.15) is 0 Å². The Morgan fingerprint density at radius 2 is 2.11 bits per heavy atom. The van der Waals surface area contributed by atoms with Crippen molar-refractivity contribution in [1.29, 1.82) is 0 Å². The van der Waals surface area contributed by atoms with Crippen LogP contribution in [0, 0.1) is 5.92 Å². The minimum atomic E-state index is -0.994. The van der Waals surface area contributed by atoms with Gasteiger partial charge in [0.05, 0.1) is 0 Å². The monoisotopic (exact) mass is 261 g/mol. The third kappa shape index (κ3) is 6.41. The number of rotatable bonds is 6. The molecule has 0 spiro atoms. The van der Waals surface area contributed by atoms with E-state index in [0.29, 0.717) is 18.0 Å². The number of carbonyl (C=O) groups excluding carboxylic acids is 1. The SMILES string of the molecule is CC(C)CCC(=O)Nc1cccc(/C=C/C(=O)O)c1. The zero-order valence-electron chi connectivity index (χ0n) is 11.2. The van der Waals surface area contributed by atoms with E-state index in [2.05, 4.69) is 19.2 Å². The molecule has 0 atom stereocenters. The second-order valence-corrected chi connectivity index (χ2v) is 4.78. The van der Waals surface area contributed by atoms with Crippen molar-refractivity contribution >= 4 is 23.6 Å². The molecule has 19 heavy (non-hydrogen) atoms. The summed E-state index contributed by atoms with van der Waals surface area (Å²) in [5.74, 6) is -0.518. The van der Waals surface area contributed by atoms with E-state index in [-0.39, 0.29) is 5.91 Å². The van der Waals surface area contributed by atoms with E-state index in [9.17, 15) is 9.59 Å². The van der Waals surface area contributed by atoms with Crippen LogP contribution in [0.4, 0.5) is 5.69 Å². The summed E-state index contributed by atoms with van der Waals surface area (Å²) >= 11 is 0. The van der Waals surface area contributed by atoms with Gasteiger partial charge >= 0.3 is 5.97 Å². The van der Waals surface area contributed by atoms with Gasteiger partial charge in [-0.2, -0.15) is 0 Å². The molecule has 0 aliphatic rings. The maximum absolute atomic E-state index is 11.7. The Kier molecular flexibility index (Phi) is 5.79. The molecule has 0 unspecified atom stereocenters. The van der Waals surface area contributed by atoms with E-state index in [1.165, 1.54) is 6.08 Å². The highest BCUT2D eigenvalue weighted by atomic mass is 16.4. The Balaban J connectivity index is 2.61. The fraction of sp³-hybridized carbons (Fsp3) is 0.333. The smallest absolute Gasteiger partial charge is 0.328 e. The Morgan fingerprint density at radius 1 is 1.37 bits per heavy atom. The van der Waals surface area contributed by atoms with Gasteiger partial charge in [-0.1, -0.05) is 26.0 Å². The molecule has 0 heterocycles. The van der Waals surface area contributed by atoms with Crippen molar-refractivity contribution in [2.75, 3.05) is 5.32 Å². The van der Waals surface area contributed by atoms with Crippen LogP contribution in [0.1, 0.15) is 32.3 Å². The number of anilines is 1. The average Bonchev–Trinajstić information content (AvgIpc) is 2.34. The van der Waals surface area contributed by atoms with E-state index in [0.717, 1.165) is 18.1 Å². The topological polar surface area (TPSA) is 66.4 Å². The zero-order chi connectivity index (χ0) is 14.3. The minimum absolute atomic E-state index is 0.0203. The maximum atomic E-state index is 11.7. The molecular weight excluding hydrogens is 242 g/mol. The summed E-state index contributed by atoms with van der Waals surface area (Å²) in [5, 5.41) is 11.4. The van der Waals surface area contributed by atoms with Crippen molar-refractivity contribution < 1.29 is 14.7 Å². The second-order valence-electron chi connectivity index (χ2n) is 4.78. The molecule has 0 aliphatic carbocycles. The van der Waals surface area contributed by atoms with Gasteiger partial charge < -0.3 is 10.4 Å². The summed E-state index contributed by atoms with van der Waals surface area (Å²) in [5.41, 5.74) is 1.42. The maximum Gasteiger partial charge on any atom is 0.328 e. The molecular formula is C15H19NO3. The van der Waals surface area contributed by atoms with Crippen LogP contribution in [-0.2, 0) is 9.59 Å². The third-order valence-corrected chi connectivity index (χ3v) is 2.54. The quantitative estimate of drug-likeness (QED) is 0.773. The van der Waals surface area contributed by atoms with Gasteiger partial charge in [-0.25, -0.2) is 4.79 Å². The summed E-state index contributed by atoms with van der Waals surface area (Å²) < 4.78 is 0. The van der Waals surface area contributed by atoms with Crippen molar-refractivity contribution in [2.24, 2.45) is 5.92 Å². The highest BCUT2D eigenvalue weighted by molar-refractivity contribution is 5.91. The summed E-state index contributed by atoms with van der Waals surface area (Å²) in [6, 6.07) is 7.08. The molecule has 0 bridgehead atoms. The number of carboxylic acid groups (broad SMARTS) is 1. The van der Waals surface area contributed by atoms with Crippen molar-refractivity contribution in [1.82, 2.24) is 0 Å². The molecule has 0 saturated heterocycles. The molecule has 4 nitrogen and oxygen atoms in total. The molecule has 0 aromatic heterocycles. The van der Waals surface area contributed by atoms with Gasteiger partial charge in [0.25, 0.3) is 0 Å². The largest absolute Gasteiger partial charge is 0.478 e. The van der Waals surface area contributed by atoms with Gasteiger partial charge in [-0.3, -0.25) is 4.79 Å². The molecule has 0 saturated carbocycles. The summed E-state index contributed by atoms with van der Waals surface area (Å²) in [6.07, 6.45) is 3.91. The molecule has 1 aromatic rings. The van der Waals surface area contributed by atoms with Gasteiger partial charge in [-0.05, 0) is 36.1 Å². The van der Waals surface area contributed by atoms with Crippen LogP contribution < -0.4 is 5.32 Å². The number of benzene rings is 1. The fourth-order valence-electron chi connectivity index (χ4n) is 1.53. The summed E-state index contributed by atoms with van der Waals surface area (Å²) in [4.78, 5) is 22.1. The van der Waals surface area contributed by atoms with Crippen LogP contribution in [-0.4, -0.2) is 17.0 Å². The molecule has 1 rings (SSSR count). The number of aliphatic carboxylic acids is 1. The number of hydrogen-bond acceptors (Lipinski definition) is 2. The Labute approximate surface area is 113 Å². The normalized spacial score (nSPS) is 10.9. The number of hydrogen-bond donors (Lipinski definition) is 2. The number of nitrogens with one attached hydrogen (secondary N) is 1. The number of amides is 1. The fourth-order valence-corrected chi connectivity index (χ4v) is 1.53. The Bertz CT molecular complexity index is 478. The molecule has 102 valence electrons. The van der Waals surface area contributed by atoms with Crippen LogP contribution in [0.15, 0.2) is 30.3 Å². The molecule has 1 aromatic carbocycles. The van der Waals surface area contributed by atoms with Gasteiger partial charge in [0.2, 0.25) is 5.91 Å². The number of carbonyl (C=O) groups is 2. The first-order valence-electron chi connectivity index (χ1n) is 6.28. The van der Waals surface area contributed by atoms with Crippen LogP contribution >= 0.6 is 0 Å². The van der Waals surface area contributed by atoms with Gasteiger partial charge in [0.15, 0.2) is 0 Å². The van der Waals surface area contributed by atoms with E-state index in [1.54, 1.807) is 24.3 Å². The average molecular weight is 261 g/mol. The van der Waals surface area contributed by atoms with Crippen LogP contribution in [0.2, 0.25) is 0 Å². The van der Waals surface area contributed by atoms with E-state index in [4.69, 9.17) is 5.11 Å². The lowest BCUT2D eigenvalue weighted by Crippen LogP contribution is -2.12. The van der Waals surface area contributed by atoms with Gasteiger partial charge in [0, 0.05) is 18.2 Å². The standard InChI is InChI=1S/C15H19NO3/c1-11(2)6-8-14(17)16-13-5-3-4-12(10-13)7-9-15(18)19/h3-5,7,9-11H,6,8H2,1-2H3,(H,16,17)(H,18,19)/b9-7+. The molecule has 1 amide bonds. The number of carboxylic acids is 1. The summed E-state index contributed by atoms with van der Waals surface area (Å²) in [7, 11) is 0. The van der Waals surface area contributed by atoms with Crippen LogP contribution in [0.5, 0.6) is 0 Å². The summed E-state index contributed by atoms with van der Waals surface area (Å²) in [6.45, 7) is 4.15. The molecule has 0 radical (unpaired) electrons. The molecule has 0 fully saturated rings. The predicted octanol–water partition coefficient (Wildman–Crippen LogP) is 3.16. The van der Waals surface area contributed by atoms with Crippen molar-refractivity contribution in [3.8, 4) is 0 Å². The van der Waals surface area contributed by atoms with E-state index >= 15 is 0 Å². The zero-order valence-corrected chi connectivity index (χ0v) is 11.2. The molecule has 0 aliphatic heterocycles. The van der Waals surface area contributed by atoms with Crippen LogP contribution in [0.25, 0.3) is 6.08 Å². The van der Waals surface area contributed by atoms with Crippen molar-refractivity contribution in [3.05, 3.63) is 35.9 Å². The Morgan fingerprint density at radius 3 is 2.74 bits per heavy atom. The van der Waals surface area contributed by atoms with Crippen LogP contribution in [0.3, 0.4) is 0 Å². The lowest BCUT2D eigenvalue weighted by Gasteiger charge is -2.07. The van der Waals surface area contributed by atoms with Gasteiger partial charge in [-0.15, -0.1) is 0 Å². The lowest BCUT2D eigenvalue weighted by atomic mass is 10.1. The predicted molar refractivity (Wildman–Crippen MR) is 75.8 cm³/mol. The Hall–Kier alpha value is -2.10. The first-order valence-corrected chi connectivity index (χ1v) is 6.28. The lowest BCUT2D eigenvalue weighted by molar-refractivity contribution is -0.131. The van der Waals surface area contributed by atoms with Crippen molar-refractivity contribution in [2.45, 2.75) is 26.7 Å². The molecule has 4 heteroatoms. The minimum Gasteiger partial charge on any atom is -0.478 e. The van der Waals surface area contributed by atoms with E-state index < -0.39 is 5.97 Å². The van der Waals surface area contributed by atoms with E-state index in [1.807, 2.05) is 0 Å². The van der Waals surface area contributed by atoms with Crippen molar-refractivity contribution in [3.63, 3.8) is 0 Å². The second kappa shape index (κ2) is 7.36. The molecule has 2 N–H and O–H groups in total. The third-order valence-electron chi connectivity index (χ3n) is 2.54.